The minimum atomic E-state index is -3.51. The topological polar surface area (TPSA) is 72.0 Å². The molecule has 1 aromatic rings. The van der Waals surface area contributed by atoms with Gasteiger partial charge >= 0.3 is 0 Å². The number of aromatic nitrogens is 2. The summed E-state index contributed by atoms with van der Waals surface area (Å²) in [5.74, 6) is -0.640. The maximum absolute atomic E-state index is 12.5. The van der Waals surface area contributed by atoms with Crippen LogP contribution in [0.5, 0.6) is 0 Å². The molecule has 1 fully saturated rings. The van der Waals surface area contributed by atoms with E-state index in [0.29, 0.717) is 19.5 Å². The third kappa shape index (κ3) is 2.47. The van der Waals surface area contributed by atoms with Crippen LogP contribution in [0.25, 0.3) is 0 Å². The minimum absolute atomic E-state index is 0. The van der Waals surface area contributed by atoms with Crippen molar-refractivity contribution >= 4 is 22.2 Å². The van der Waals surface area contributed by atoms with E-state index < -0.39 is 20.9 Å². The van der Waals surface area contributed by atoms with Crippen molar-refractivity contribution in [3.63, 3.8) is 0 Å². The smallest absolute Gasteiger partial charge is 0.247 e. The van der Waals surface area contributed by atoms with E-state index in [1.807, 2.05) is 0 Å². The summed E-state index contributed by atoms with van der Waals surface area (Å²) in [6.45, 7) is 1.08. The van der Waals surface area contributed by atoms with Gasteiger partial charge in [0, 0.05) is 6.54 Å². The first-order valence-electron chi connectivity index (χ1n) is 4.53. The first kappa shape index (κ1) is 13.3. The monoisotopic (exact) mass is 267 g/mol. The molecule has 0 radical (unpaired) electrons. The summed E-state index contributed by atoms with van der Waals surface area (Å²) in [7, 11) is -3.51. The van der Waals surface area contributed by atoms with E-state index in [-0.39, 0.29) is 17.6 Å². The predicted octanol–water partition coefficient (Wildman–Crippen LogP) is 0.173. The van der Waals surface area contributed by atoms with Gasteiger partial charge < -0.3 is 5.32 Å². The van der Waals surface area contributed by atoms with Crippen molar-refractivity contribution in [3.8, 4) is 0 Å². The van der Waals surface area contributed by atoms with Crippen LogP contribution in [0.1, 0.15) is 6.42 Å². The molecule has 1 aliphatic heterocycles. The van der Waals surface area contributed by atoms with E-state index >= 15 is 0 Å². The Bertz CT molecular complexity index is 445. The highest BCUT2D eigenvalue weighted by Crippen LogP contribution is 2.16. The summed E-state index contributed by atoms with van der Waals surface area (Å²) in [4.78, 5) is 6.99. The van der Waals surface area contributed by atoms with Crippen LogP contribution in [-0.2, 0) is 9.84 Å². The lowest BCUT2D eigenvalue weighted by atomic mass is 10.4. The molecule has 5 nitrogen and oxygen atoms in total. The lowest BCUT2D eigenvalue weighted by Crippen LogP contribution is -2.25. The van der Waals surface area contributed by atoms with Gasteiger partial charge in [0.2, 0.25) is 15.0 Å². The van der Waals surface area contributed by atoms with Gasteiger partial charge in [0.25, 0.3) is 0 Å². The van der Waals surface area contributed by atoms with Gasteiger partial charge in [-0.1, -0.05) is 0 Å². The van der Waals surface area contributed by atoms with Gasteiger partial charge in [-0.25, -0.2) is 22.8 Å². The quantitative estimate of drug-likeness (QED) is 0.774. The van der Waals surface area contributed by atoms with Crippen molar-refractivity contribution in [2.24, 2.45) is 0 Å². The highest BCUT2D eigenvalue weighted by molar-refractivity contribution is 7.91. The molecule has 0 aliphatic carbocycles. The zero-order chi connectivity index (χ0) is 10.9. The van der Waals surface area contributed by atoms with E-state index in [0.717, 1.165) is 12.4 Å². The third-order valence-corrected chi connectivity index (χ3v) is 4.30. The van der Waals surface area contributed by atoms with Gasteiger partial charge in [-0.15, -0.1) is 12.4 Å². The van der Waals surface area contributed by atoms with Gasteiger partial charge in [-0.2, -0.15) is 0 Å². The molecule has 2 heterocycles. The molecule has 1 saturated heterocycles. The Balaban J connectivity index is 0.00000128. The van der Waals surface area contributed by atoms with Crippen molar-refractivity contribution in [2.75, 3.05) is 13.1 Å². The van der Waals surface area contributed by atoms with Crippen LogP contribution in [0.2, 0.25) is 0 Å². The highest BCUT2D eigenvalue weighted by atomic mass is 35.5. The summed E-state index contributed by atoms with van der Waals surface area (Å²) >= 11 is 0. The van der Waals surface area contributed by atoms with Crippen LogP contribution in [0, 0.1) is 5.82 Å². The molecule has 0 bridgehead atoms. The zero-order valence-electron chi connectivity index (χ0n) is 8.26. The van der Waals surface area contributed by atoms with E-state index in [2.05, 4.69) is 15.3 Å². The van der Waals surface area contributed by atoms with Crippen LogP contribution >= 0.6 is 12.4 Å². The molecule has 2 rings (SSSR count). The molecular weight excluding hydrogens is 257 g/mol. The van der Waals surface area contributed by atoms with Crippen molar-refractivity contribution in [1.29, 1.82) is 0 Å². The van der Waals surface area contributed by atoms with E-state index in [9.17, 15) is 12.8 Å². The number of hydrogen-bond acceptors (Lipinski definition) is 5. The Morgan fingerprint density at radius 3 is 2.50 bits per heavy atom. The third-order valence-electron chi connectivity index (χ3n) is 2.31. The molecule has 0 spiro atoms. The summed E-state index contributed by atoms with van der Waals surface area (Å²) < 4.78 is 36.2. The van der Waals surface area contributed by atoms with Crippen molar-refractivity contribution in [2.45, 2.75) is 16.8 Å². The van der Waals surface area contributed by atoms with Crippen molar-refractivity contribution in [1.82, 2.24) is 15.3 Å². The number of sulfone groups is 1. The standard InChI is InChI=1S/C8H10FN3O2S.ClH/c9-6-3-11-8(12-4-6)15(13,14)7-1-2-10-5-7;/h3-4,7,10H,1-2,5H2;1H. The predicted molar refractivity (Wildman–Crippen MR) is 57.7 cm³/mol. The number of hydrogen-bond donors (Lipinski definition) is 1. The van der Waals surface area contributed by atoms with Crippen LogP contribution < -0.4 is 5.32 Å². The van der Waals surface area contributed by atoms with Crippen LogP contribution in [0.4, 0.5) is 4.39 Å². The van der Waals surface area contributed by atoms with Gasteiger partial charge in [0.05, 0.1) is 17.6 Å². The average Bonchev–Trinajstić information content (AvgIpc) is 2.71. The molecular formula is C8H11ClFN3O2S. The number of nitrogens with zero attached hydrogens (tertiary/aromatic N) is 2. The molecule has 1 N–H and O–H groups in total. The Morgan fingerprint density at radius 2 is 2.00 bits per heavy atom. The maximum atomic E-state index is 12.5. The van der Waals surface area contributed by atoms with E-state index in [1.165, 1.54) is 0 Å². The second kappa shape index (κ2) is 5.03. The molecule has 90 valence electrons. The number of nitrogens with one attached hydrogen (secondary N) is 1. The number of halogens is 2. The first-order chi connectivity index (χ1) is 7.10. The first-order valence-corrected chi connectivity index (χ1v) is 6.07. The average molecular weight is 268 g/mol. The summed E-state index contributed by atoms with van der Waals surface area (Å²) in [5.41, 5.74) is 0. The van der Waals surface area contributed by atoms with Crippen molar-refractivity contribution in [3.05, 3.63) is 18.2 Å². The fourth-order valence-electron chi connectivity index (χ4n) is 1.49. The molecule has 8 heteroatoms. The van der Waals surface area contributed by atoms with E-state index in [1.54, 1.807) is 0 Å². The summed E-state index contributed by atoms with van der Waals surface area (Å²) in [6, 6.07) is 0. The van der Waals surface area contributed by atoms with Crippen LogP contribution in [0.3, 0.4) is 0 Å². The Kier molecular flexibility index (Phi) is 4.17. The minimum Gasteiger partial charge on any atom is -0.315 e. The molecule has 0 saturated carbocycles. The van der Waals surface area contributed by atoms with Crippen LogP contribution in [-0.4, -0.2) is 36.7 Å². The second-order valence-electron chi connectivity index (χ2n) is 3.34. The van der Waals surface area contributed by atoms with Gasteiger partial charge in [0.15, 0.2) is 5.82 Å². The Hall–Kier alpha value is -0.790. The van der Waals surface area contributed by atoms with E-state index in [4.69, 9.17) is 0 Å². The lowest BCUT2D eigenvalue weighted by molar-refractivity contribution is 0.565. The van der Waals surface area contributed by atoms with Crippen molar-refractivity contribution < 1.29 is 12.8 Å². The molecule has 0 aromatic carbocycles. The molecule has 16 heavy (non-hydrogen) atoms. The normalized spacial score (nSPS) is 20.4. The van der Waals surface area contributed by atoms with Crippen LogP contribution in [0.15, 0.2) is 17.6 Å². The van der Waals surface area contributed by atoms with Gasteiger partial charge in [-0.3, -0.25) is 0 Å². The molecule has 1 aliphatic rings. The maximum Gasteiger partial charge on any atom is 0.247 e. The molecule has 1 atom stereocenters. The summed E-state index contributed by atoms with van der Waals surface area (Å²) in [6.07, 6.45) is 2.27. The largest absolute Gasteiger partial charge is 0.315 e. The zero-order valence-corrected chi connectivity index (χ0v) is 9.89. The molecule has 0 amide bonds. The fraction of sp³-hybridized carbons (Fsp3) is 0.500. The van der Waals surface area contributed by atoms with Gasteiger partial charge in [-0.05, 0) is 13.0 Å². The molecule has 1 unspecified atom stereocenters. The van der Waals surface area contributed by atoms with Gasteiger partial charge in [0.1, 0.15) is 0 Å². The SMILES string of the molecule is Cl.O=S(=O)(c1ncc(F)cn1)C1CCNC1. The summed E-state index contributed by atoms with van der Waals surface area (Å²) in [5, 5.41) is 2.16. The fourth-order valence-corrected chi connectivity index (χ4v) is 2.95. The second-order valence-corrected chi connectivity index (χ2v) is 5.47. The molecule has 1 aromatic heterocycles. The highest BCUT2D eigenvalue weighted by Gasteiger charge is 2.32. The lowest BCUT2D eigenvalue weighted by Gasteiger charge is -2.07. The number of rotatable bonds is 2. The Labute approximate surface area is 98.8 Å². The Morgan fingerprint density at radius 1 is 1.38 bits per heavy atom.